The lowest BCUT2D eigenvalue weighted by Gasteiger charge is -1.94. The molecule has 0 aromatic carbocycles. The molecule has 0 heterocycles. The minimum Gasteiger partial charge on any atom is -0.252 e. The average molecular weight is 144 g/mol. The molecule has 0 saturated carbocycles. The molecule has 0 unspecified atom stereocenters. The number of aliphatic imine (C=N–C) groups is 1. The van der Waals surface area contributed by atoms with Crippen molar-refractivity contribution in [2.24, 2.45) is 4.99 Å². The van der Waals surface area contributed by atoms with E-state index in [1.54, 1.807) is 6.08 Å². The summed E-state index contributed by atoms with van der Waals surface area (Å²) in [7, 11) is 0. The molecule has 0 amide bonds. The van der Waals surface area contributed by atoms with Gasteiger partial charge in [0.05, 0.1) is 0 Å². The Labute approximate surface area is 60.7 Å². The first-order valence-electron chi connectivity index (χ1n) is 2.74. The van der Waals surface area contributed by atoms with Crippen LogP contribution in [0.25, 0.3) is 0 Å². The first-order chi connectivity index (χ1) is 4.26. The molecule has 0 aliphatic rings. The molecule has 0 spiro atoms. The van der Waals surface area contributed by atoms with Crippen LogP contribution in [0, 0.1) is 0 Å². The van der Waals surface area contributed by atoms with Crippen LogP contribution in [0.4, 0.5) is 0 Å². The van der Waals surface area contributed by atoms with Gasteiger partial charge < -0.3 is 0 Å². The van der Waals surface area contributed by atoms with Gasteiger partial charge in [0.15, 0.2) is 0 Å². The Morgan fingerprint density at radius 2 is 2.33 bits per heavy atom. The minimum absolute atomic E-state index is 0.451. The number of hydrogen-bond acceptors (Lipinski definition) is 1. The molecule has 0 N–H and O–H groups in total. The fourth-order valence-corrected chi connectivity index (χ4v) is 0.687. The van der Waals surface area contributed by atoms with Gasteiger partial charge in [-0.15, -0.1) is 0 Å². The molecule has 9 heavy (non-hydrogen) atoms. The van der Waals surface area contributed by atoms with E-state index in [-0.39, 0.29) is 0 Å². The molecule has 0 aliphatic carbocycles. The Kier molecular flexibility index (Phi) is 4.06. The average Bonchev–Trinajstić information content (AvgIpc) is 1.90. The van der Waals surface area contributed by atoms with E-state index in [9.17, 15) is 0 Å². The van der Waals surface area contributed by atoms with Crippen molar-refractivity contribution in [1.82, 2.24) is 0 Å². The third-order valence-corrected chi connectivity index (χ3v) is 1.39. The molecule has 50 valence electrons. The second-order valence-electron chi connectivity index (χ2n) is 1.53. The van der Waals surface area contributed by atoms with Crippen LogP contribution in [0.3, 0.4) is 0 Å². The Morgan fingerprint density at radius 3 is 2.44 bits per heavy atom. The highest BCUT2D eigenvalue weighted by molar-refractivity contribution is 6.30. The van der Waals surface area contributed by atoms with Gasteiger partial charge in [0.2, 0.25) is 0 Å². The molecule has 0 aliphatic heterocycles. The molecule has 2 heteroatoms. The van der Waals surface area contributed by atoms with E-state index in [1.165, 1.54) is 0 Å². The van der Waals surface area contributed by atoms with E-state index in [0.717, 1.165) is 12.0 Å². The van der Waals surface area contributed by atoms with Crippen molar-refractivity contribution in [3.05, 3.63) is 23.4 Å². The largest absolute Gasteiger partial charge is 0.252 e. The number of rotatable bonds is 3. The monoisotopic (exact) mass is 143 g/mol. The lowest BCUT2D eigenvalue weighted by molar-refractivity contribution is 1.13. The van der Waals surface area contributed by atoms with Crippen LogP contribution in [0.1, 0.15) is 13.3 Å². The van der Waals surface area contributed by atoms with Gasteiger partial charge in [0, 0.05) is 0 Å². The van der Waals surface area contributed by atoms with Crippen LogP contribution < -0.4 is 0 Å². The first kappa shape index (κ1) is 8.44. The normalized spacial score (nSPS) is 12.2. The third kappa shape index (κ3) is 2.47. The van der Waals surface area contributed by atoms with E-state index < -0.39 is 0 Å². The highest BCUT2D eigenvalue weighted by Gasteiger charge is 1.92. The highest BCUT2D eigenvalue weighted by atomic mass is 35.5. The lowest BCUT2D eigenvalue weighted by atomic mass is 10.2. The van der Waals surface area contributed by atoms with Crippen LogP contribution in [0.15, 0.2) is 28.4 Å². The summed E-state index contributed by atoms with van der Waals surface area (Å²) >= 11 is 5.61. The van der Waals surface area contributed by atoms with Crippen molar-refractivity contribution in [1.29, 1.82) is 0 Å². The Morgan fingerprint density at radius 1 is 1.78 bits per heavy atom. The molecule has 0 atom stereocenters. The van der Waals surface area contributed by atoms with E-state index in [2.05, 4.69) is 18.3 Å². The van der Waals surface area contributed by atoms with Gasteiger partial charge >= 0.3 is 0 Å². The van der Waals surface area contributed by atoms with Gasteiger partial charge in [-0.1, -0.05) is 31.2 Å². The van der Waals surface area contributed by atoms with Crippen LogP contribution >= 0.6 is 11.6 Å². The SMILES string of the molecule is C=C/C(CC)=C(/Cl)N=C. The van der Waals surface area contributed by atoms with Gasteiger partial charge in [-0.2, -0.15) is 0 Å². The van der Waals surface area contributed by atoms with Crippen LogP contribution in [0.2, 0.25) is 0 Å². The topological polar surface area (TPSA) is 12.4 Å². The van der Waals surface area contributed by atoms with E-state index >= 15 is 0 Å². The van der Waals surface area contributed by atoms with Gasteiger partial charge in [0.25, 0.3) is 0 Å². The molecule has 0 aromatic heterocycles. The summed E-state index contributed by atoms with van der Waals surface area (Å²) in [4.78, 5) is 3.55. The summed E-state index contributed by atoms with van der Waals surface area (Å²) in [6, 6.07) is 0. The summed E-state index contributed by atoms with van der Waals surface area (Å²) < 4.78 is 0. The second-order valence-corrected chi connectivity index (χ2v) is 1.89. The third-order valence-electron chi connectivity index (χ3n) is 1.03. The minimum atomic E-state index is 0.451. The zero-order valence-corrected chi connectivity index (χ0v) is 6.28. The molecule has 0 saturated heterocycles. The summed E-state index contributed by atoms with van der Waals surface area (Å²) in [6.45, 7) is 8.85. The molecule has 0 bridgehead atoms. The number of hydrogen-bond donors (Lipinski definition) is 0. The van der Waals surface area contributed by atoms with Crippen LogP contribution in [0.5, 0.6) is 0 Å². The maximum Gasteiger partial charge on any atom is 0.131 e. The van der Waals surface area contributed by atoms with E-state index in [4.69, 9.17) is 11.6 Å². The summed E-state index contributed by atoms with van der Waals surface area (Å²) in [5, 5.41) is 0.451. The zero-order chi connectivity index (χ0) is 7.28. The van der Waals surface area contributed by atoms with Crippen LogP contribution in [-0.4, -0.2) is 6.72 Å². The van der Waals surface area contributed by atoms with E-state index in [1.807, 2.05) is 6.92 Å². The first-order valence-corrected chi connectivity index (χ1v) is 3.11. The lowest BCUT2D eigenvalue weighted by Crippen LogP contribution is -1.75. The zero-order valence-electron chi connectivity index (χ0n) is 5.52. The van der Waals surface area contributed by atoms with Crippen molar-refractivity contribution in [3.8, 4) is 0 Å². The van der Waals surface area contributed by atoms with Crippen molar-refractivity contribution in [2.45, 2.75) is 13.3 Å². The Balaban J connectivity index is 4.36. The molecule has 0 rings (SSSR count). The van der Waals surface area contributed by atoms with Gasteiger partial charge in [-0.3, -0.25) is 4.99 Å². The predicted octanol–water partition coefficient (Wildman–Crippen LogP) is 2.73. The highest BCUT2D eigenvalue weighted by Crippen LogP contribution is 2.13. The summed E-state index contributed by atoms with van der Waals surface area (Å²) in [5.74, 6) is 0. The Hall–Kier alpha value is -0.560. The molecule has 0 radical (unpaired) electrons. The van der Waals surface area contributed by atoms with Gasteiger partial charge in [-0.25, -0.2) is 0 Å². The van der Waals surface area contributed by atoms with Crippen LogP contribution in [-0.2, 0) is 0 Å². The maximum absolute atomic E-state index is 5.61. The molecular formula is C7H10ClN. The predicted molar refractivity (Wildman–Crippen MR) is 42.9 cm³/mol. The second kappa shape index (κ2) is 4.33. The fourth-order valence-electron chi connectivity index (χ4n) is 0.476. The smallest absolute Gasteiger partial charge is 0.131 e. The number of nitrogens with zero attached hydrogens (tertiary/aromatic N) is 1. The number of halogens is 1. The maximum atomic E-state index is 5.61. The van der Waals surface area contributed by atoms with E-state index in [0.29, 0.717) is 5.16 Å². The molecular weight excluding hydrogens is 134 g/mol. The molecule has 0 fully saturated rings. The van der Waals surface area contributed by atoms with Crippen molar-refractivity contribution in [3.63, 3.8) is 0 Å². The standard InChI is InChI=1S/C7H10ClN/c1-4-6(5-2)7(8)9-3/h4H,1,3,5H2,2H3/b7-6+. The summed E-state index contributed by atoms with van der Waals surface area (Å²) in [6.07, 6.45) is 2.54. The van der Waals surface area contributed by atoms with Crippen molar-refractivity contribution in [2.75, 3.05) is 0 Å². The molecule has 1 nitrogen and oxygen atoms in total. The molecule has 0 aromatic rings. The van der Waals surface area contributed by atoms with Crippen molar-refractivity contribution >= 4 is 18.3 Å². The number of allylic oxidation sites excluding steroid dienone is 2. The Bertz CT molecular complexity index is 147. The fraction of sp³-hybridized carbons (Fsp3) is 0.286. The van der Waals surface area contributed by atoms with Gasteiger partial charge in [-0.05, 0) is 18.7 Å². The van der Waals surface area contributed by atoms with Gasteiger partial charge in [0.1, 0.15) is 5.16 Å². The summed E-state index contributed by atoms with van der Waals surface area (Å²) in [5.41, 5.74) is 0.937. The quantitative estimate of drug-likeness (QED) is 0.327. The van der Waals surface area contributed by atoms with Crippen molar-refractivity contribution < 1.29 is 0 Å².